The van der Waals surface area contributed by atoms with Crippen LogP contribution in [-0.4, -0.2) is 26.0 Å². The highest BCUT2D eigenvalue weighted by molar-refractivity contribution is 7.13. The molecule has 0 aliphatic carbocycles. The van der Waals surface area contributed by atoms with E-state index in [0.29, 0.717) is 53.5 Å². The van der Waals surface area contributed by atoms with Gasteiger partial charge < -0.3 is 10.1 Å². The Morgan fingerprint density at radius 3 is 2.62 bits per heavy atom. The van der Waals surface area contributed by atoms with Gasteiger partial charge in [-0.25, -0.2) is 9.36 Å². The lowest BCUT2D eigenvalue weighted by atomic mass is 10.0. The van der Waals surface area contributed by atoms with E-state index in [-0.39, 0.29) is 12.3 Å². The number of nitrogens with zero attached hydrogens (tertiary/aromatic N) is 4. The lowest BCUT2D eigenvalue weighted by Gasteiger charge is -2.14. The maximum Gasteiger partial charge on any atom is 0.431 e. The van der Waals surface area contributed by atoms with Crippen molar-refractivity contribution in [3.63, 3.8) is 0 Å². The SMILES string of the molecule is Cc1ccc(OCC(=O)Nc2cccc(C#N)c2)c(-c2nsc3ccc(-n4c(=O)cc(C(F)(F)F)n(C)c4=O)cc23)c1. The Labute approximate surface area is 239 Å². The fraction of sp³-hybridized carbons (Fsp3) is 0.138. The maximum atomic E-state index is 13.3. The number of nitrogens with one attached hydrogen (secondary N) is 1. The highest BCUT2D eigenvalue weighted by Crippen LogP contribution is 2.37. The Balaban J connectivity index is 1.50. The summed E-state index contributed by atoms with van der Waals surface area (Å²) in [7, 11) is 0.948. The Morgan fingerprint density at radius 1 is 1.10 bits per heavy atom. The standard InChI is InChI=1S/C29H20F3N5O4S/c1-16-6-8-22(41-15-25(38)34-18-5-3-4-17(11-18)14-33)20(10-16)27-21-12-19(7-9-23(21)42-35-27)37-26(39)13-24(29(30,31)32)36(2)28(37)40/h3-13H,15H2,1-2H3,(H,34,38). The van der Waals surface area contributed by atoms with Crippen molar-refractivity contribution < 1.29 is 22.7 Å². The fourth-order valence-electron chi connectivity index (χ4n) is 4.36. The van der Waals surface area contributed by atoms with E-state index in [4.69, 9.17) is 10.00 Å². The molecule has 0 saturated heterocycles. The van der Waals surface area contributed by atoms with Crippen molar-refractivity contribution >= 4 is 33.2 Å². The van der Waals surface area contributed by atoms with E-state index < -0.39 is 29.0 Å². The van der Waals surface area contributed by atoms with Gasteiger partial charge >= 0.3 is 11.9 Å². The van der Waals surface area contributed by atoms with Crippen LogP contribution in [0.1, 0.15) is 16.8 Å². The lowest BCUT2D eigenvalue weighted by Crippen LogP contribution is -2.40. The number of aryl methyl sites for hydroxylation is 1. The third-order valence-corrected chi connectivity index (χ3v) is 7.17. The Kier molecular flexibility index (Phi) is 7.40. The number of amides is 1. The van der Waals surface area contributed by atoms with E-state index in [0.717, 1.165) is 24.1 Å². The number of alkyl halides is 3. The Hall–Kier alpha value is -5.22. The molecule has 5 aromatic rings. The number of ether oxygens (including phenoxy) is 1. The van der Waals surface area contributed by atoms with Gasteiger partial charge in [0.15, 0.2) is 6.61 Å². The van der Waals surface area contributed by atoms with Crippen molar-refractivity contribution in [2.45, 2.75) is 13.1 Å². The molecular weight excluding hydrogens is 571 g/mol. The normalized spacial score (nSPS) is 11.3. The first-order valence-electron chi connectivity index (χ1n) is 12.3. The molecule has 0 aliphatic heterocycles. The minimum absolute atomic E-state index is 0.0670. The summed E-state index contributed by atoms with van der Waals surface area (Å²) in [4.78, 5) is 38.1. The molecule has 3 aromatic carbocycles. The summed E-state index contributed by atoms with van der Waals surface area (Å²) >= 11 is 1.14. The minimum Gasteiger partial charge on any atom is -0.483 e. The second kappa shape index (κ2) is 11.0. The Bertz CT molecular complexity index is 2020. The highest BCUT2D eigenvalue weighted by Gasteiger charge is 2.35. The average molecular weight is 592 g/mol. The molecule has 1 N–H and O–H groups in total. The zero-order chi connectivity index (χ0) is 30.2. The van der Waals surface area contributed by atoms with Crippen LogP contribution >= 0.6 is 11.5 Å². The predicted octanol–water partition coefficient (Wildman–Crippen LogP) is 5.03. The van der Waals surface area contributed by atoms with E-state index >= 15 is 0 Å². The van der Waals surface area contributed by atoms with E-state index in [1.165, 1.54) is 18.2 Å². The summed E-state index contributed by atoms with van der Waals surface area (Å²) < 4.78 is 52.0. The molecule has 0 saturated carbocycles. The number of fused-ring (bicyclic) bond motifs is 1. The number of carbonyl (C=O) groups excluding carboxylic acids is 1. The molecule has 0 bridgehead atoms. The molecule has 5 rings (SSSR count). The van der Waals surface area contributed by atoms with Crippen LogP contribution in [0.5, 0.6) is 5.75 Å². The van der Waals surface area contributed by atoms with Gasteiger partial charge in [0.1, 0.15) is 11.4 Å². The van der Waals surface area contributed by atoms with Crippen LogP contribution in [0.3, 0.4) is 0 Å². The largest absolute Gasteiger partial charge is 0.483 e. The number of anilines is 1. The van der Waals surface area contributed by atoms with Crippen molar-refractivity contribution in [2.75, 3.05) is 11.9 Å². The first kappa shape index (κ1) is 28.3. The smallest absolute Gasteiger partial charge is 0.431 e. The Morgan fingerprint density at radius 2 is 1.88 bits per heavy atom. The van der Waals surface area contributed by atoms with Crippen LogP contribution in [0.4, 0.5) is 18.9 Å². The fourth-order valence-corrected chi connectivity index (χ4v) is 5.13. The van der Waals surface area contributed by atoms with Crippen LogP contribution in [0.15, 0.2) is 76.3 Å². The van der Waals surface area contributed by atoms with Crippen LogP contribution in [0.2, 0.25) is 0 Å². The van der Waals surface area contributed by atoms with Crippen LogP contribution < -0.4 is 21.3 Å². The molecule has 2 heterocycles. The van der Waals surface area contributed by atoms with Gasteiger partial charge in [0.05, 0.1) is 27.7 Å². The number of hydrogen-bond acceptors (Lipinski definition) is 7. The summed E-state index contributed by atoms with van der Waals surface area (Å²) in [5.74, 6) is -0.124. The molecule has 13 heteroatoms. The van der Waals surface area contributed by atoms with Crippen LogP contribution in [0, 0.1) is 18.3 Å². The molecule has 212 valence electrons. The quantitative estimate of drug-likeness (QED) is 0.296. The van der Waals surface area contributed by atoms with Crippen molar-refractivity contribution in [1.29, 1.82) is 5.26 Å². The van der Waals surface area contributed by atoms with Gasteiger partial charge in [-0.2, -0.15) is 22.8 Å². The lowest BCUT2D eigenvalue weighted by molar-refractivity contribution is -0.144. The van der Waals surface area contributed by atoms with E-state index in [2.05, 4.69) is 9.69 Å². The highest BCUT2D eigenvalue weighted by atomic mass is 32.1. The number of benzene rings is 3. The van der Waals surface area contributed by atoms with E-state index in [9.17, 15) is 27.6 Å². The average Bonchev–Trinajstić information content (AvgIpc) is 3.37. The first-order chi connectivity index (χ1) is 20.0. The van der Waals surface area contributed by atoms with Crippen molar-refractivity contribution in [2.24, 2.45) is 7.05 Å². The van der Waals surface area contributed by atoms with Crippen LogP contribution in [0.25, 0.3) is 27.0 Å². The molecule has 42 heavy (non-hydrogen) atoms. The summed E-state index contributed by atoms with van der Waals surface area (Å²) in [6.45, 7) is 1.50. The van der Waals surface area contributed by atoms with Gasteiger partial charge in [-0.05, 0) is 67.0 Å². The molecule has 2 aromatic heterocycles. The van der Waals surface area contributed by atoms with E-state index in [1.54, 1.807) is 42.5 Å². The molecule has 0 atom stereocenters. The second-order valence-corrected chi connectivity index (χ2v) is 10.1. The summed E-state index contributed by atoms with van der Waals surface area (Å²) in [5, 5.41) is 12.3. The zero-order valence-corrected chi connectivity index (χ0v) is 22.8. The van der Waals surface area contributed by atoms with Gasteiger partial charge in [-0.15, -0.1) is 0 Å². The van der Waals surface area contributed by atoms with Gasteiger partial charge in [-0.3, -0.25) is 14.2 Å². The third kappa shape index (κ3) is 5.52. The molecule has 0 aliphatic rings. The zero-order valence-electron chi connectivity index (χ0n) is 22.0. The van der Waals surface area contributed by atoms with Crippen molar-refractivity contribution in [1.82, 2.24) is 13.5 Å². The number of carbonyl (C=O) groups is 1. The summed E-state index contributed by atoms with van der Waals surface area (Å²) in [6.07, 6.45) is -4.88. The molecule has 9 nitrogen and oxygen atoms in total. The van der Waals surface area contributed by atoms with E-state index in [1.807, 2.05) is 13.0 Å². The summed E-state index contributed by atoms with van der Waals surface area (Å²) in [5.41, 5.74) is -0.895. The number of rotatable bonds is 6. The number of halogens is 3. The topological polar surface area (TPSA) is 119 Å². The molecule has 0 unspecified atom stereocenters. The molecule has 1 amide bonds. The first-order valence-corrected chi connectivity index (χ1v) is 13.1. The molecular formula is C29H20F3N5O4S. The molecule has 0 fully saturated rings. The third-order valence-electron chi connectivity index (χ3n) is 6.35. The van der Waals surface area contributed by atoms with Crippen LogP contribution in [-0.2, 0) is 18.0 Å². The molecule has 0 radical (unpaired) electrons. The number of aromatic nitrogens is 3. The number of nitriles is 1. The monoisotopic (exact) mass is 591 g/mol. The van der Waals surface area contributed by atoms with Gasteiger partial charge in [0.2, 0.25) is 0 Å². The molecule has 0 spiro atoms. The summed E-state index contributed by atoms with van der Waals surface area (Å²) in [6, 6.07) is 18.7. The number of hydrogen-bond donors (Lipinski definition) is 1. The predicted molar refractivity (Wildman–Crippen MR) is 151 cm³/mol. The minimum atomic E-state index is -4.88. The van der Waals surface area contributed by atoms with Crippen molar-refractivity contribution in [3.05, 3.63) is 104 Å². The van der Waals surface area contributed by atoms with Gasteiger partial charge in [-0.1, -0.05) is 17.7 Å². The van der Waals surface area contributed by atoms with Gasteiger partial charge in [0.25, 0.3) is 11.5 Å². The second-order valence-electron chi connectivity index (χ2n) is 9.28. The maximum absolute atomic E-state index is 13.3. The van der Waals surface area contributed by atoms with Gasteiger partial charge in [0, 0.05) is 29.8 Å². The van der Waals surface area contributed by atoms with Crippen molar-refractivity contribution in [3.8, 4) is 28.8 Å².